The van der Waals surface area contributed by atoms with Crippen LogP contribution in [0.5, 0.6) is 0 Å². The average Bonchev–Trinajstić information content (AvgIpc) is 2.58. The Hall–Kier alpha value is -1.89. The highest BCUT2D eigenvalue weighted by atomic mass is 19.1. The van der Waals surface area contributed by atoms with E-state index in [1.165, 1.54) is 29.5 Å². The molecule has 0 aliphatic heterocycles. The smallest absolute Gasteiger partial charge is 0.115 e. The monoisotopic (exact) mass is 322 g/mol. The molecule has 0 nitrogen and oxygen atoms in total. The second kappa shape index (κ2) is 6.20. The van der Waals surface area contributed by atoms with Crippen LogP contribution >= 0.6 is 0 Å². The van der Waals surface area contributed by atoms with E-state index < -0.39 is 6.67 Å². The number of rotatable bonds is 3. The van der Waals surface area contributed by atoms with Crippen molar-refractivity contribution in [2.24, 2.45) is 0 Å². The third-order valence-electron chi connectivity index (χ3n) is 5.48. The normalized spacial score (nSPS) is 18.5. The summed E-state index contributed by atoms with van der Waals surface area (Å²) in [6.45, 7) is 9.00. The van der Waals surface area contributed by atoms with Crippen molar-refractivity contribution in [3.8, 4) is 0 Å². The van der Waals surface area contributed by atoms with Crippen LogP contribution in [0.3, 0.4) is 0 Å². The molecule has 2 aromatic rings. The quantitative estimate of drug-likeness (QED) is 0.553. The molecular formula is C23H27F. The summed E-state index contributed by atoms with van der Waals surface area (Å²) in [7, 11) is 0. The zero-order valence-electron chi connectivity index (χ0n) is 15.2. The van der Waals surface area contributed by atoms with Gasteiger partial charge < -0.3 is 0 Å². The van der Waals surface area contributed by atoms with Gasteiger partial charge in [-0.15, -0.1) is 0 Å². The molecule has 2 aromatic carbocycles. The molecule has 3 rings (SSSR count). The minimum atomic E-state index is -0.403. The van der Waals surface area contributed by atoms with Crippen molar-refractivity contribution in [2.75, 3.05) is 0 Å². The third-order valence-corrected chi connectivity index (χ3v) is 5.48. The summed E-state index contributed by atoms with van der Waals surface area (Å²) < 4.78 is 12.6. The van der Waals surface area contributed by atoms with E-state index in [0.717, 1.165) is 11.1 Å². The number of hydrogen-bond donors (Lipinski definition) is 0. The molecule has 0 radical (unpaired) electrons. The maximum absolute atomic E-state index is 12.6. The second-order valence-electron chi connectivity index (χ2n) is 8.28. The molecular weight excluding hydrogens is 295 g/mol. The van der Waals surface area contributed by atoms with Gasteiger partial charge in [0, 0.05) is 0 Å². The highest BCUT2D eigenvalue weighted by Crippen LogP contribution is 2.45. The van der Waals surface area contributed by atoms with Crippen LogP contribution in [0.1, 0.15) is 68.4 Å². The fraction of sp³-hybridized carbons (Fsp3) is 0.391. The summed E-state index contributed by atoms with van der Waals surface area (Å²) in [5, 5.41) is 0. The summed E-state index contributed by atoms with van der Waals surface area (Å²) in [6, 6.07) is 14.5. The van der Waals surface area contributed by atoms with Crippen LogP contribution in [0.4, 0.5) is 4.39 Å². The van der Waals surface area contributed by atoms with Crippen molar-refractivity contribution < 1.29 is 4.39 Å². The Labute approximate surface area is 145 Å². The minimum Gasteiger partial charge on any atom is -0.246 e. The van der Waals surface area contributed by atoms with Crippen LogP contribution in [0.15, 0.2) is 42.5 Å². The Morgan fingerprint density at radius 2 is 1.33 bits per heavy atom. The fourth-order valence-corrected chi connectivity index (χ4v) is 3.62. The molecule has 0 saturated heterocycles. The van der Waals surface area contributed by atoms with Gasteiger partial charge in [-0.05, 0) is 51.5 Å². The summed E-state index contributed by atoms with van der Waals surface area (Å²) in [5.41, 5.74) is 6.52. The zero-order valence-corrected chi connectivity index (χ0v) is 15.2. The van der Waals surface area contributed by atoms with Gasteiger partial charge in [0.15, 0.2) is 0 Å². The van der Waals surface area contributed by atoms with Crippen LogP contribution in [0, 0.1) is 0 Å². The standard InChI is InChI=1S/C23H27F/c1-22(2)13-14-23(3,4)21-15-18(11-12-20(21)22)8-5-17-6-9-19(16-24)10-7-17/h5-12,15H,13-14,16H2,1-4H3/b8-5+. The van der Waals surface area contributed by atoms with E-state index in [4.69, 9.17) is 0 Å². The summed E-state index contributed by atoms with van der Waals surface area (Å²) >= 11 is 0. The SMILES string of the molecule is CC1(C)CCC(C)(C)c2cc(/C=C/c3ccc(CF)cc3)ccc21. The van der Waals surface area contributed by atoms with Crippen molar-refractivity contribution in [3.05, 3.63) is 70.3 Å². The molecule has 0 amide bonds. The average molecular weight is 322 g/mol. The Morgan fingerprint density at radius 3 is 1.96 bits per heavy atom. The third kappa shape index (κ3) is 3.31. The van der Waals surface area contributed by atoms with Gasteiger partial charge in [-0.25, -0.2) is 4.39 Å². The molecule has 0 N–H and O–H groups in total. The predicted octanol–water partition coefficient (Wildman–Crippen LogP) is 6.68. The van der Waals surface area contributed by atoms with Crippen LogP contribution < -0.4 is 0 Å². The van der Waals surface area contributed by atoms with Crippen molar-refractivity contribution in [3.63, 3.8) is 0 Å². The molecule has 126 valence electrons. The minimum absolute atomic E-state index is 0.234. The first-order chi connectivity index (χ1) is 11.3. The van der Waals surface area contributed by atoms with Crippen LogP contribution in [-0.4, -0.2) is 0 Å². The van der Waals surface area contributed by atoms with Crippen molar-refractivity contribution in [1.82, 2.24) is 0 Å². The summed E-state index contributed by atoms with van der Waals surface area (Å²) in [6.07, 6.45) is 6.72. The largest absolute Gasteiger partial charge is 0.246 e. The Morgan fingerprint density at radius 1 is 0.792 bits per heavy atom. The van der Waals surface area contributed by atoms with Gasteiger partial charge in [-0.3, -0.25) is 0 Å². The van der Waals surface area contributed by atoms with Gasteiger partial charge in [-0.2, -0.15) is 0 Å². The molecule has 0 saturated carbocycles. The molecule has 0 bridgehead atoms. The maximum Gasteiger partial charge on any atom is 0.115 e. The maximum atomic E-state index is 12.6. The number of halogens is 1. The van der Waals surface area contributed by atoms with Crippen molar-refractivity contribution in [1.29, 1.82) is 0 Å². The van der Waals surface area contributed by atoms with E-state index in [1.807, 2.05) is 24.3 Å². The van der Waals surface area contributed by atoms with Gasteiger partial charge in [0.25, 0.3) is 0 Å². The number of hydrogen-bond acceptors (Lipinski definition) is 0. The summed E-state index contributed by atoms with van der Waals surface area (Å²) in [4.78, 5) is 0. The predicted molar refractivity (Wildman–Crippen MR) is 102 cm³/mol. The highest BCUT2D eigenvalue weighted by molar-refractivity contribution is 5.70. The lowest BCUT2D eigenvalue weighted by molar-refractivity contribution is 0.332. The van der Waals surface area contributed by atoms with E-state index in [9.17, 15) is 4.39 Å². The van der Waals surface area contributed by atoms with E-state index in [2.05, 4.69) is 58.0 Å². The molecule has 1 heteroatoms. The van der Waals surface area contributed by atoms with Gasteiger partial charge in [0.1, 0.15) is 6.67 Å². The Kier molecular flexibility index (Phi) is 4.38. The number of benzene rings is 2. The van der Waals surface area contributed by atoms with E-state index >= 15 is 0 Å². The van der Waals surface area contributed by atoms with Gasteiger partial charge in [0.05, 0.1) is 0 Å². The van der Waals surface area contributed by atoms with E-state index in [-0.39, 0.29) is 10.8 Å². The lowest BCUT2D eigenvalue weighted by atomic mass is 9.63. The van der Waals surface area contributed by atoms with E-state index in [1.54, 1.807) is 0 Å². The molecule has 0 fully saturated rings. The lowest BCUT2D eigenvalue weighted by Crippen LogP contribution is -2.33. The first-order valence-corrected chi connectivity index (χ1v) is 8.80. The van der Waals surface area contributed by atoms with Gasteiger partial charge in [0.2, 0.25) is 0 Å². The number of alkyl halides is 1. The van der Waals surface area contributed by atoms with E-state index in [0.29, 0.717) is 0 Å². The van der Waals surface area contributed by atoms with Gasteiger partial charge in [-0.1, -0.05) is 82.3 Å². The fourth-order valence-electron chi connectivity index (χ4n) is 3.62. The first kappa shape index (κ1) is 17.0. The topological polar surface area (TPSA) is 0 Å². The van der Waals surface area contributed by atoms with Crippen LogP contribution in [0.2, 0.25) is 0 Å². The second-order valence-corrected chi connectivity index (χ2v) is 8.28. The Bertz CT molecular complexity index is 748. The molecule has 0 unspecified atom stereocenters. The van der Waals surface area contributed by atoms with Crippen molar-refractivity contribution in [2.45, 2.75) is 58.0 Å². The molecule has 24 heavy (non-hydrogen) atoms. The highest BCUT2D eigenvalue weighted by Gasteiger charge is 2.36. The molecule has 1 aliphatic rings. The molecule has 1 aliphatic carbocycles. The summed E-state index contributed by atoms with van der Waals surface area (Å²) in [5.74, 6) is 0. The molecule has 0 heterocycles. The molecule has 0 aromatic heterocycles. The molecule has 0 spiro atoms. The lowest BCUT2D eigenvalue weighted by Gasteiger charge is -2.42. The first-order valence-electron chi connectivity index (χ1n) is 8.80. The molecule has 0 atom stereocenters. The van der Waals surface area contributed by atoms with Crippen molar-refractivity contribution >= 4 is 12.2 Å². The number of fused-ring (bicyclic) bond motifs is 1. The Balaban J connectivity index is 1.91. The van der Waals surface area contributed by atoms with Crippen LogP contribution in [0.25, 0.3) is 12.2 Å². The zero-order chi connectivity index (χ0) is 17.4. The van der Waals surface area contributed by atoms with Gasteiger partial charge >= 0.3 is 0 Å². The van der Waals surface area contributed by atoms with Crippen LogP contribution in [-0.2, 0) is 17.5 Å².